The van der Waals surface area contributed by atoms with Crippen LogP contribution in [-0.4, -0.2) is 23.1 Å². The van der Waals surface area contributed by atoms with E-state index in [1.54, 1.807) is 0 Å². The van der Waals surface area contributed by atoms with Gasteiger partial charge in [-0.05, 0) is 11.8 Å². The van der Waals surface area contributed by atoms with E-state index < -0.39 is 0 Å². The lowest BCUT2D eigenvalue weighted by atomic mass is 10.2. The highest BCUT2D eigenvalue weighted by Crippen LogP contribution is 2.46. The number of nitrogens with zero attached hydrogens (tertiary/aromatic N) is 1. The molecule has 1 atom stereocenters. The molecule has 0 aliphatic heterocycles. The zero-order valence-electron chi connectivity index (χ0n) is 9.13. The van der Waals surface area contributed by atoms with Gasteiger partial charge in [0.15, 0.2) is 5.82 Å². The SMILES string of the molecule is COc1c(NC2CC2(C)C)nc[nH]c1=O. The van der Waals surface area contributed by atoms with Crippen LogP contribution < -0.4 is 15.6 Å². The van der Waals surface area contributed by atoms with Gasteiger partial charge in [-0.25, -0.2) is 4.98 Å². The van der Waals surface area contributed by atoms with E-state index >= 15 is 0 Å². The Kier molecular flexibility index (Phi) is 2.17. The third kappa shape index (κ3) is 1.82. The normalized spacial score (nSPS) is 22.2. The van der Waals surface area contributed by atoms with E-state index in [2.05, 4.69) is 29.1 Å². The first kappa shape index (κ1) is 10.0. The molecule has 0 amide bonds. The Morgan fingerprint density at radius 1 is 1.67 bits per heavy atom. The molecular formula is C10H15N3O2. The van der Waals surface area contributed by atoms with Crippen LogP contribution in [0.3, 0.4) is 0 Å². The van der Waals surface area contributed by atoms with Gasteiger partial charge in [0, 0.05) is 6.04 Å². The van der Waals surface area contributed by atoms with Crippen molar-refractivity contribution in [3.63, 3.8) is 0 Å². The first-order valence-electron chi connectivity index (χ1n) is 4.93. The van der Waals surface area contributed by atoms with Crippen LogP contribution in [0, 0.1) is 5.41 Å². The minimum Gasteiger partial charge on any atom is -0.489 e. The summed E-state index contributed by atoms with van der Waals surface area (Å²) in [5.41, 5.74) is 0.0309. The zero-order valence-corrected chi connectivity index (χ0v) is 9.13. The number of aromatic nitrogens is 2. The molecular weight excluding hydrogens is 194 g/mol. The third-order valence-corrected chi connectivity index (χ3v) is 2.84. The van der Waals surface area contributed by atoms with Crippen molar-refractivity contribution in [2.45, 2.75) is 26.3 Å². The molecule has 2 N–H and O–H groups in total. The number of H-pyrrole nitrogens is 1. The van der Waals surface area contributed by atoms with Crippen LogP contribution >= 0.6 is 0 Å². The quantitative estimate of drug-likeness (QED) is 0.779. The minimum atomic E-state index is -0.256. The average molecular weight is 209 g/mol. The maximum atomic E-state index is 11.4. The lowest BCUT2D eigenvalue weighted by Crippen LogP contribution is -2.16. The van der Waals surface area contributed by atoms with Gasteiger partial charge >= 0.3 is 0 Å². The van der Waals surface area contributed by atoms with Gasteiger partial charge in [-0.1, -0.05) is 13.8 Å². The molecule has 0 aromatic carbocycles. The Balaban J connectivity index is 2.22. The van der Waals surface area contributed by atoms with Gasteiger partial charge in [0.05, 0.1) is 13.4 Å². The summed E-state index contributed by atoms with van der Waals surface area (Å²) < 4.78 is 5.00. The molecule has 1 aromatic heterocycles. The van der Waals surface area contributed by atoms with Gasteiger partial charge in [0.2, 0.25) is 5.75 Å². The summed E-state index contributed by atoms with van der Waals surface area (Å²) in [6.45, 7) is 4.34. The summed E-state index contributed by atoms with van der Waals surface area (Å²) >= 11 is 0. The van der Waals surface area contributed by atoms with Crippen molar-refractivity contribution in [1.29, 1.82) is 0 Å². The van der Waals surface area contributed by atoms with Crippen LogP contribution in [0.1, 0.15) is 20.3 Å². The Hall–Kier alpha value is -1.52. The molecule has 1 heterocycles. The van der Waals surface area contributed by atoms with Crippen LogP contribution in [0.4, 0.5) is 5.82 Å². The van der Waals surface area contributed by atoms with E-state index in [4.69, 9.17) is 4.74 Å². The van der Waals surface area contributed by atoms with Crippen LogP contribution in [0.2, 0.25) is 0 Å². The first-order chi connectivity index (χ1) is 7.04. The largest absolute Gasteiger partial charge is 0.489 e. The summed E-state index contributed by atoms with van der Waals surface area (Å²) in [6.07, 6.45) is 2.47. The molecule has 82 valence electrons. The van der Waals surface area contributed by atoms with E-state index in [1.165, 1.54) is 13.4 Å². The number of rotatable bonds is 3. The molecule has 1 fully saturated rings. The summed E-state index contributed by atoms with van der Waals surface area (Å²) in [5.74, 6) is 0.775. The molecule has 5 nitrogen and oxygen atoms in total. The van der Waals surface area contributed by atoms with Gasteiger partial charge in [-0.3, -0.25) is 4.79 Å². The predicted octanol–water partition coefficient (Wildman–Crippen LogP) is 0.989. The van der Waals surface area contributed by atoms with E-state index in [0.717, 1.165) is 6.42 Å². The second-order valence-corrected chi connectivity index (χ2v) is 4.50. The molecule has 0 radical (unpaired) electrons. The van der Waals surface area contributed by atoms with Crippen molar-refractivity contribution in [1.82, 2.24) is 9.97 Å². The Labute approximate surface area is 87.9 Å². The fraction of sp³-hybridized carbons (Fsp3) is 0.600. The number of nitrogens with one attached hydrogen (secondary N) is 2. The topological polar surface area (TPSA) is 67.0 Å². The number of ether oxygens (including phenoxy) is 1. The third-order valence-electron chi connectivity index (χ3n) is 2.84. The first-order valence-corrected chi connectivity index (χ1v) is 4.93. The van der Waals surface area contributed by atoms with Crippen molar-refractivity contribution in [2.24, 2.45) is 5.41 Å². The zero-order chi connectivity index (χ0) is 11.1. The summed E-state index contributed by atoms with van der Waals surface area (Å²) in [7, 11) is 1.47. The molecule has 0 saturated heterocycles. The molecule has 1 aliphatic carbocycles. The number of aromatic amines is 1. The number of hydrogen-bond acceptors (Lipinski definition) is 4. The van der Waals surface area contributed by atoms with Crippen molar-refractivity contribution in [3.8, 4) is 5.75 Å². The number of hydrogen-bond donors (Lipinski definition) is 2. The van der Waals surface area contributed by atoms with E-state index in [9.17, 15) is 4.79 Å². The monoisotopic (exact) mass is 209 g/mol. The Morgan fingerprint density at radius 2 is 2.33 bits per heavy atom. The van der Waals surface area contributed by atoms with Gasteiger partial charge in [-0.15, -0.1) is 0 Å². The van der Waals surface area contributed by atoms with Crippen molar-refractivity contribution < 1.29 is 4.74 Å². The van der Waals surface area contributed by atoms with Crippen LogP contribution in [0.15, 0.2) is 11.1 Å². The molecule has 1 aliphatic rings. The molecule has 15 heavy (non-hydrogen) atoms. The van der Waals surface area contributed by atoms with Gasteiger partial charge < -0.3 is 15.0 Å². The van der Waals surface area contributed by atoms with Gasteiger partial charge in [-0.2, -0.15) is 0 Å². The Morgan fingerprint density at radius 3 is 2.87 bits per heavy atom. The second-order valence-electron chi connectivity index (χ2n) is 4.50. The van der Waals surface area contributed by atoms with Crippen LogP contribution in [0.25, 0.3) is 0 Å². The second kappa shape index (κ2) is 3.25. The minimum absolute atomic E-state index is 0.250. The standard InChI is InChI=1S/C10H15N3O2/c1-10(2)4-6(10)13-8-7(15-3)9(14)12-5-11-8/h5-6H,4H2,1-3H3,(H2,11,12,13,14). The molecule has 1 saturated carbocycles. The number of methoxy groups -OCH3 is 1. The molecule has 1 aromatic rings. The smallest absolute Gasteiger partial charge is 0.295 e. The fourth-order valence-electron chi connectivity index (χ4n) is 1.56. The van der Waals surface area contributed by atoms with Crippen LogP contribution in [-0.2, 0) is 0 Å². The Bertz CT molecular complexity index is 425. The van der Waals surface area contributed by atoms with Gasteiger partial charge in [0.1, 0.15) is 0 Å². The van der Waals surface area contributed by atoms with Gasteiger partial charge in [0.25, 0.3) is 5.56 Å². The molecule has 5 heteroatoms. The van der Waals surface area contributed by atoms with Crippen LogP contribution in [0.5, 0.6) is 5.75 Å². The van der Waals surface area contributed by atoms with E-state index in [0.29, 0.717) is 11.9 Å². The lowest BCUT2D eigenvalue weighted by molar-refractivity contribution is 0.407. The molecule has 0 bridgehead atoms. The van der Waals surface area contributed by atoms with Crippen molar-refractivity contribution in [2.75, 3.05) is 12.4 Å². The van der Waals surface area contributed by atoms with Crippen molar-refractivity contribution in [3.05, 3.63) is 16.7 Å². The lowest BCUT2D eigenvalue weighted by Gasteiger charge is -2.09. The fourth-order valence-corrected chi connectivity index (χ4v) is 1.56. The summed E-state index contributed by atoms with van der Waals surface area (Å²) in [6, 6.07) is 0.376. The maximum Gasteiger partial charge on any atom is 0.295 e. The maximum absolute atomic E-state index is 11.4. The number of anilines is 1. The average Bonchev–Trinajstić information content (AvgIpc) is 2.74. The molecule has 0 spiro atoms. The molecule has 2 rings (SSSR count). The predicted molar refractivity (Wildman–Crippen MR) is 57.2 cm³/mol. The summed E-state index contributed by atoms with van der Waals surface area (Å²) in [5, 5.41) is 3.21. The van der Waals surface area contributed by atoms with E-state index in [1.807, 2.05) is 0 Å². The highest BCUT2D eigenvalue weighted by atomic mass is 16.5. The highest BCUT2D eigenvalue weighted by molar-refractivity contribution is 5.50. The molecule has 1 unspecified atom stereocenters. The highest BCUT2D eigenvalue weighted by Gasteiger charge is 2.46. The van der Waals surface area contributed by atoms with E-state index in [-0.39, 0.29) is 16.7 Å². The summed E-state index contributed by atoms with van der Waals surface area (Å²) in [4.78, 5) is 17.9. The van der Waals surface area contributed by atoms with Crippen molar-refractivity contribution >= 4 is 5.82 Å².